The number of halogens is 3. The highest BCUT2D eigenvalue weighted by atomic mass is 32.2. The maximum Gasteiger partial charge on any atom is 0.441 e. The number of rotatable bonds is 6. The molecule has 80 valence electrons. The summed E-state index contributed by atoms with van der Waals surface area (Å²) in [7, 11) is 1.84. The van der Waals surface area contributed by atoms with Crippen LogP contribution in [-0.4, -0.2) is 24.4 Å². The largest absolute Gasteiger partial charge is 0.441 e. The van der Waals surface area contributed by atoms with E-state index < -0.39 is 5.51 Å². The van der Waals surface area contributed by atoms with Crippen LogP contribution in [0.25, 0.3) is 0 Å². The summed E-state index contributed by atoms with van der Waals surface area (Å²) in [5.41, 5.74) is -4.07. The van der Waals surface area contributed by atoms with Crippen molar-refractivity contribution >= 4 is 11.8 Å². The lowest BCUT2D eigenvalue weighted by Crippen LogP contribution is -2.24. The van der Waals surface area contributed by atoms with Gasteiger partial charge in [-0.05, 0) is 26.3 Å². The molecule has 0 aromatic heterocycles. The molecule has 1 unspecified atom stereocenters. The Balaban J connectivity index is 3.34. The Labute approximate surface area is 81.5 Å². The Bertz CT molecular complexity index is 123. The van der Waals surface area contributed by atoms with Crippen molar-refractivity contribution < 1.29 is 13.2 Å². The molecule has 0 spiro atoms. The third-order valence-electron chi connectivity index (χ3n) is 1.86. The predicted octanol–water partition coefficient (Wildman–Crippen LogP) is 3.02. The molecule has 0 fully saturated rings. The van der Waals surface area contributed by atoms with Gasteiger partial charge in [0.15, 0.2) is 0 Å². The molecule has 0 aliphatic carbocycles. The zero-order chi connectivity index (χ0) is 10.3. The topological polar surface area (TPSA) is 12.0 Å². The van der Waals surface area contributed by atoms with E-state index >= 15 is 0 Å². The molecule has 0 aromatic carbocycles. The van der Waals surface area contributed by atoms with Crippen LogP contribution in [0.4, 0.5) is 13.2 Å². The molecule has 0 heterocycles. The fourth-order valence-corrected chi connectivity index (χ4v) is 1.61. The van der Waals surface area contributed by atoms with Crippen LogP contribution in [0.3, 0.4) is 0 Å². The van der Waals surface area contributed by atoms with Crippen LogP contribution in [0.1, 0.15) is 26.2 Å². The lowest BCUT2D eigenvalue weighted by atomic mass is 10.1. The first kappa shape index (κ1) is 13.1. The molecule has 0 rings (SSSR count). The molecule has 1 nitrogen and oxygen atoms in total. The van der Waals surface area contributed by atoms with Crippen molar-refractivity contribution in [1.29, 1.82) is 0 Å². The Hall–Kier alpha value is 0.1000. The van der Waals surface area contributed by atoms with Crippen molar-refractivity contribution in [2.75, 3.05) is 12.8 Å². The van der Waals surface area contributed by atoms with Crippen LogP contribution >= 0.6 is 11.8 Å². The lowest BCUT2D eigenvalue weighted by molar-refractivity contribution is -0.0328. The minimum absolute atomic E-state index is 0.0688. The second kappa shape index (κ2) is 6.54. The Morgan fingerprint density at radius 2 is 2.00 bits per heavy atom. The Kier molecular flexibility index (Phi) is 6.59. The highest BCUT2D eigenvalue weighted by Gasteiger charge is 2.27. The van der Waals surface area contributed by atoms with Crippen LogP contribution < -0.4 is 5.32 Å². The Morgan fingerprint density at radius 1 is 1.38 bits per heavy atom. The average molecular weight is 215 g/mol. The monoisotopic (exact) mass is 215 g/mol. The van der Waals surface area contributed by atoms with Crippen LogP contribution in [0.2, 0.25) is 0 Å². The molecule has 0 saturated heterocycles. The summed E-state index contributed by atoms with van der Waals surface area (Å²) in [6.45, 7) is 2.03. The van der Waals surface area contributed by atoms with Gasteiger partial charge >= 0.3 is 5.51 Å². The molecular formula is C8H16F3NS. The Morgan fingerprint density at radius 3 is 2.38 bits per heavy atom. The standard InChI is InChI=1S/C8H16F3NS/c1-3-7(12-2)5-4-6-13-8(9,10)11/h7,12H,3-6H2,1-2H3. The van der Waals surface area contributed by atoms with Gasteiger partial charge in [0.25, 0.3) is 0 Å². The first-order valence-corrected chi connectivity index (χ1v) is 5.36. The number of hydrogen-bond acceptors (Lipinski definition) is 2. The molecule has 0 bridgehead atoms. The second-order valence-corrected chi connectivity index (χ2v) is 3.99. The maximum absolute atomic E-state index is 11.7. The van der Waals surface area contributed by atoms with Crippen molar-refractivity contribution in [2.45, 2.75) is 37.7 Å². The number of hydrogen-bond donors (Lipinski definition) is 1. The highest BCUT2D eigenvalue weighted by Crippen LogP contribution is 2.30. The zero-order valence-electron chi connectivity index (χ0n) is 7.95. The number of thioether (sulfide) groups is 1. The van der Waals surface area contributed by atoms with Crippen LogP contribution in [-0.2, 0) is 0 Å². The van der Waals surface area contributed by atoms with E-state index in [-0.39, 0.29) is 17.5 Å². The summed E-state index contributed by atoms with van der Waals surface area (Å²) in [4.78, 5) is 0. The quantitative estimate of drug-likeness (QED) is 0.683. The van der Waals surface area contributed by atoms with Gasteiger partial charge in [-0.1, -0.05) is 18.7 Å². The van der Waals surface area contributed by atoms with E-state index in [1.807, 2.05) is 14.0 Å². The lowest BCUT2D eigenvalue weighted by Gasteiger charge is -2.13. The van der Waals surface area contributed by atoms with Crippen molar-refractivity contribution in [3.63, 3.8) is 0 Å². The summed E-state index contributed by atoms with van der Waals surface area (Å²) in [6, 6.07) is 0.355. The number of alkyl halides is 3. The molecule has 0 amide bonds. The predicted molar refractivity (Wildman–Crippen MR) is 50.9 cm³/mol. The van der Waals surface area contributed by atoms with Gasteiger partial charge in [-0.25, -0.2) is 0 Å². The molecule has 1 atom stereocenters. The summed E-state index contributed by atoms with van der Waals surface area (Å²) in [5, 5.41) is 3.06. The fraction of sp³-hybridized carbons (Fsp3) is 1.00. The third-order valence-corrected chi connectivity index (χ3v) is 2.68. The van der Waals surface area contributed by atoms with Gasteiger partial charge in [0.2, 0.25) is 0 Å². The molecule has 0 aliphatic rings. The maximum atomic E-state index is 11.7. The van der Waals surface area contributed by atoms with Crippen molar-refractivity contribution in [3.8, 4) is 0 Å². The second-order valence-electron chi connectivity index (χ2n) is 2.83. The smallest absolute Gasteiger partial charge is 0.317 e. The summed E-state index contributed by atoms with van der Waals surface area (Å²) in [5.74, 6) is 0.168. The minimum atomic E-state index is -4.07. The third kappa shape index (κ3) is 8.43. The normalized spacial score (nSPS) is 14.5. The van der Waals surface area contributed by atoms with Gasteiger partial charge in [-0.2, -0.15) is 13.2 Å². The number of nitrogens with one attached hydrogen (secondary N) is 1. The van der Waals surface area contributed by atoms with Gasteiger partial charge in [-0.15, -0.1) is 0 Å². The molecule has 5 heteroatoms. The van der Waals surface area contributed by atoms with Gasteiger partial charge in [-0.3, -0.25) is 0 Å². The SMILES string of the molecule is CCC(CCCSC(F)(F)F)NC. The van der Waals surface area contributed by atoms with Gasteiger partial charge < -0.3 is 5.32 Å². The molecule has 0 radical (unpaired) electrons. The van der Waals surface area contributed by atoms with E-state index in [4.69, 9.17) is 0 Å². The van der Waals surface area contributed by atoms with Crippen LogP contribution in [0.5, 0.6) is 0 Å². The van der Waals surface area contributed by atoms with Crippen LogP contribution in [0, 0.1) is 0 Å². The summed E-state index contributed by atoms with van der Waals surface area (Å²) < 4.78 is 35.1. The molecule has 13 heavy (non-hydrogen) atoms. The van der Waals surface area contributed by atoms with Gasteiger partial charge in [0.05, 0.1) is 0 Å². The minimum Gasteiger partial charge on any atom is -0.317 e. The molecule has 0 aromatic rings. The van der Waals surface area contributed by atoms with Crippen molar-refractivity contribution in [3.05, 3.63) is 0 Å². The first-order chi connectivity index (χ1) is 5.99. The molecule has 0 saturated carbocycles. The van der Waals surface area contributed by atoms with Crippen molar-refractivity contribution in [2.24, 2.45) is 0 Å². The molecular weight excluding hydrogens is 199 g/mol. The van der Waals surface area contributed by atoms with E-state index in [1.165, 1.54) is 0 Å². The van der Waals surface area contributed by atoms with Crippen molar-refractivity contribution in [1.82, 2.24) is 5.32 Å². The summed E-state index contributed by atoms with van der Waals surface area (Å²) >= 11 is 0.0688. The van der Waals surface area contributed by atoms with E-state index in [9.17, 15) is 13.2 Å². The summed E-state index contributed by atoms with van der Waals surface area (Å²) in [6.07, 6.45) is 2.40. The molecule has 1 N–H and O–H groups in total. The zero-order valence-corrected chi connectivity index (χ0v) is 8.76. The molecule has 0 aliphatic heterocycles. The fourth-order valence-electron chi connectivity index (χ4n) is 1.07. The first-order valence-electron chi connectivity index (χ1n) is 4.37. The average Bonchev–Trinajstić information content (AvgIpc) is 2.03. The van der Waals surface area contributed by atoms with Crippen LogP contribution in [0.15, 0.2) is 0 Å². The van der Waals surface area contributed by atoms with E-state index in [1.54, 1.807) is 0 Å². The highest BCUT2D eigenvalue weighted by molar-refractivity contribution is 8.00. The van der Waals surface area contributed by atoms with Gasteiger partial charge in [0.1, 0.15) is 0 Å². The van der Waals surface area contributed by atoms with E-state index in [0.717, 1.165) is 12.8 Å². The van der Waals surface area contributed by atoms with Gasteiger partial charge in [0, 0.05) is 11.8 Å². The van der Waals surface area contributed by atoms with E-state index in [0.29, 0.717) is 12.5 Å². The van der Waals surface area contributed by atoms with E-state index in [2.05, 4.69) is 5.32 Å².